The van der Waals surface area contributed by atoms with Crippen LogP contribution in [0.3, 0.4) is 0 Å². The van der Waals surface area contributed by atoms with E-state index in [0.717, 1.165) is 32.0 Å². The average molecular weight is 465 g/mol. The van der Waals surface area contributed by atoms with E-state index in [1.165, 1.54) is 33.4 Å². The lowest BCUT2D eigenvalue weighted by Crippen LogP contribution is -2.28. The van der Waals surface area contributed by atoms with Gasteiger partial charge in [0.25, 0.3) is 0 Å². The molecular weight excluding hydrogens is 428 g/mol. The minimum absolute atomic E-state index is 0.000764. The van der Waals surface area contributed by atoms with Gasteiger partial charge in [-0.2, -0.15) is 0 Å². The average Bonchev–Trinajstić information content (AvgIpc) is 3.16. The third kappa shape index (κ3) is 4.51. The first-order valence-electron chi connectivity index (χ1n) is 13.3. The van der Waals surface area contributed by atoms with Crippen LogP contribution >= 0.6 is 0 Å². The summed E-state index contributed by atoms with van der Waals surface area (Å²) in [5.74, 6) is 1.61. The Morgan fingerprint density at radius 1 is 0.771 bits per heavy atom. The zero-order valence-corrected chi connectivity index (χ0v) is 21.0. The molecule has 1 saturated carbocycles. The van der Waals surface area contributed by atoms with E-state index in [9.17, 15) is 9.59 Å². The predicted molar refractivity (Wildman–Crippen MR) is 142 cm³/mol. The number of fused-ring (bicyclic) bond motifs is 1. The Morgan fingerprint density at radius 3 is 1.89 bits per heavy atom. The molecule has 3 aromatic carbocycles. The van der Waals surface area contributed by atoms with Crippen LogP contribution in [0.15, 0.2) is 72.8 Å². The van der Waals surface area contributed by atoms with Gasteiger partial charge in [0.2, 0.25) is 0 Å². The van der Waals surface area contributed by atoms with Crippen molar-refractivity contribution in [2.45, 2.75) is 70.1 Å². The summed E-state index contributed by atoms with van der Waals surface area (Å²) in [6.07, 6.45) is 6.51. The molecule has 5 rings (SSSR count). The molecular formula is C33H36O2. The van der Waals surface area contributed by atoms with Crippen LogP contribution in [0.1, 0.15) is 89.7 Å². The first kappa shape index (κ1) is 23.7. The lowest BCUT2D eigenvalue weighted by molar-refractivity contribution is -0.122. The SMILES string of the molecule is Cc1ccccc1C(c1ccccc1C)C1CCC([C@H]2C(=O)C(CCC=O)c3ccccc32)CC1. The molecule has 1 unspecified atom stereocenters. The van der Waals surface area contributed by atoms with Crippen LogP contribution in [0.4, 0.5) is 0 Å². The first-order chi connectivity index (χ1) is 17.1. The van der Waals surface area contributed by atoms with Gasteiger partial charge in [-0.25, -0.2) is 0 Å². The Labute approximate surface area is 209 Å². The van der Waals surface area contributed by atoms with Gasteiger partial charge in [-0.1, -0.05) is 72.8 Å². The Balaban J connectivity index is 1.40. The topological polar surface area (TPSA) is 34.1 Å². The summed E-state index contributed by atoms with van der Waals surface area (Å²) >= 11 is 0. The van der Waals surface area contributed by atoms with Gasteiger partial charge in [0.05, 0.1) is 0 Å². The number of carbonyl (C=O) groups excluding carboxylic acids is 2. The summed E-state index contributed by atoms with van der Waals surface area (Å²) in [7, 11) is 0. The van der Waals surface area contributed by atoms with E-state index >= 15 is 0 Å². The van der Waals surface area contributed by atoms with Gasteiger partial charge >= 0.3 is 0 Å². The highest BCUT2D eigenvalue weighted by Gasteiger charge is 2.44. The monoisotopic (exact) mass is 464 g/mol. The molecule has 2 aliphatic carbocycles. The number of rotatable bonds is 7. The molecule has 0 amide bonds. The normalized spacial score (nSPS) is 23.9. The van der Waals surface area contributed by atoms with Crippen molar-refractivity contribution in [3.63, 3.8) is 0 Å². The van der Waals surface area contributed by atoms with Gasteiger partial charge in [0, 0.05) is 24.2 Å². The maximum absolute atomic E-state index is 13.6. The first-order valence-corrected chi connectivity index (χ1v) is 13.3. The van der Waals surface area contributed by atoms with E-state index in [0.29, 0.717) is 36.4 Å². The fourth-order valence-corrected chi connectivity index (χ4v) is 7.01. The smallest absolute Gasteiger partial charge is 0.148 e. The number of aldehydes is 1. The van der Waals surface area contributed by atoms with E-state index in [1.807, 2.05) is 6.07 Å². The van der Waals surface area contributed by atoms with Crippen LogP contribution in [0, 0.1) is 25.7 Å². The van der Waals surface area contributed by atoms with Crippen molar-refractivity contribution in [2.75, 3.05) is 0 Å². The summed E-state index contributed by atoms with van der Waals surface area (Å²) in [5, 5.41) is 0. The number of Topliss-reactive ketones (excluding diaryl/α,β-unsaturated/α-hetero) is 1. The molecule has 3 aromatic rings. The lowest BCUT2D eigenvalue weighted by Gasteiger charge is -2.37. The van der Waals surface area contributed by atoms with Crippen LogP contribution in [-0.2, 0) is 9.59 Å². The molecule has 35 heavy (non-hydrogen) atoms. The maximum Gasteiger partial charge on any atom is 0.148 e. The Bertz CT molecular complexity index is 1160. The standard InChI is InChI=1S/C33H36O2/c1-22-10-3-5-12-26(22)31(27-13-6-4-11-23(27)2)24-17-19-25(20-18-24)32-29-15-8-7-14-28(29)30(33(32)35)16-9-21-34/h3-8,10-15,21,24-25,30-32H,9,16-20H2,1-2H3/t24?,25?,30?,32-/m1/s1. The second-order valence-electron chi connectivity index (χ2n) is 10.7. The molecule has 2 aliphatic rings. The molecule has 2 atom stereocenters. The summed E-state index contributed by atoms with van der Waals surface area (Å²) in [4.78, 5) is 24.6. The zero-order chi connectivity index (χ0) is 24.4. The molecule has 180 valence electrons. The van der Waals surface area contributed by atoms with E-state index in [2.05, 4.69) is 80.6 Å². The van der Waals surface area contributed by atoms with Crippen LogP contribution in [-0.4, -0.2) is 12.1 Å². The summed E-state index contributed by atoms with van der Waals surface area (Å²) < 4.78 is 0. The summed E-state index contributed by atoms with van der Waals surface area (Å²) in [6, 6.07) is 26.1. The van der Waals surface area contributed by atoms with Crippen LogP contribution < -0.4 is 0 Å². The molecule has 0 spiro atoms. The molecule has 0 aliphatic heterocycles. The molecule has 0 aromatic heterocycles. The number of aryl methyl sites for hydroxylation is 2. The van der Waals surface area contributed by atoms with Gasteiger partial charge < -0.3 is 4.79 Å². The highest BCUT2D eigenvalue weighted by atomic mass is 16.1. The number of hydrogen-bond acceptors (Lipinski definition) is 2. The molecule has 1 fully saturated rings. The van der Waals surface area contributed by atoms with Crippen LogP contribution in [0.25, 0.3) is 0 Å². The Kier molecular flexibility index (Phi) is 7.00. The maximum atomic E-state index is 13.6. The van der Waals surface area contributed by atoms with Crippen molar-refractivity contribution in [2.24, 2.45) is 11.8 Å². The lowest BCUT2D eigenvalue weighted by atomic mass is 9.66. The van der Waals surface area contributed by atoms with Gasteiger partial charge in [-0.05, 0) is 91.2 Å². The van der Waals surface area contributed by atoms with Crippen molar-refractivity contribution in [3.8, 4) is 0 Å². The largest absolute Gasteiger partial charge is 0.303 e. The molecule has 2 nitrogen and oxygen atoms in total. The minimum Gasteiger partial charge on any atom is -0.303 e. The van der Waals surface area contributed by atoms with Crippen molar-refractivity contribution < 1.29 is 9.59 Å². The second-order valence-corrected chi connectivity index (χ2v) is 10.7. The molecule has 0 N–H and O–H groups in total. The van der Waals surface area contributed by atoms with Crippen molar-refractivity contribution in [3.05, 3.63) is 106 Å². The highest BCUT2D eigenvalue weighted by molar-refractivity contribution is 5.97. The number of benzene rings is 3. The Morgan fingerprint density at radius 2 is 1.31 bits per heavy atom. The number of ketones is 1. The molecule has 0 heterocycles. The molecule has 0 saturated heterocycles. The predicted octanol–water partition coefficient (Wildman–Crippen LogP) is 7.67. The number of hydrogen-bond donors (Lipinski definition) is 0. The third-order valence-corrected chi connectivity index (χ3v) is 8.74. The zero-order valence-electron chi connectivity index (χ0n) is 21.0. The van der Waals surface area contributed by atoms with Crippen LogP contribution in [0.2, 0.25) is 0 Å². The Hall–Kier alpha value is -3.00. The minimum atomic E-state index is -0.106. The van der Waals surface area contributed by atoms with E-state index in [-0.39, 0.29) is 11.8 Å². The third-order valence-electron chi connectivity index (χ3n) is 8.74. The van der Waals surface area contributed by atoms with E-state index < -0.39 is 0 Å². The van der Waals surface area contributed by atoms with Gasteiger partial charge in [0.1, 0.15) is 12.1 Å². The fraction of sp³-hybridized carbons (Fsp3) is 0.394. The quantitative estimate of drug-likeness (QED) is 0.336. The molecule has 0 bridgehead atoms. The van der Waals surface area contributed by atoms with Crippen molar-refractivity contribution >= 4 is 12.1 Å². The fourth-order valence-electron chi connectivity index (χ4n) is 7.01. The highest BCUT2D eigenvalue weighted by Crippen LogP contribution is 2.51. The van der Waals surface area contributed by atoms with Crippen LogP contribution in [0.5, 0.6) is 0 Å². The van der Waals surface area contributed by atoms with Crippen molar-refractivity contribution in [1.82, 2.24) is 0 Å². The summed E-state index contributed by atoms with van der Waals surface area (Å²) in [6.45, 7) is 4.47. The molecule has 0 radical (unpaired) electrons. The molecule has 2 heteroatoms. The second kappa shape index (κ2) is 10.3. The van der Waals surface area contributed by atoms with E-state index in [4.69, 9.17) is 0 Å². The van der Waals surface area contributed by atoms with Crippen molar-refractivity contribution in [1.29, 1.82) is 0 Å². The summed E-state index contributed by atoms with van der Waals surface area (Å²) in [5.41, 5.74) is 8.01. The van der Waals surface area contributed by atoms with Gasteiger partial charge in [-0.15, -0.1) is 0 Å². The van der Waals surface area contributed by atoms with Gasteiger partial charge in [0.15, 0.2) is 0 Å². The number of carbonyl (C=O) groups is 2. The van der Waals surface area contributed by atoms with Gasteiger partial charge in [-0.3, -0.25) is 4.79 Å². The van der Waals surface area contributed by atoms with E-state index in [1.54, 1.807) is 0 Å².